The van der Waals surface area contributed by atoms with Gasteiger partial charge in [0, 0.05) is 36.1 Å². The van der Waals surface area contributed by atoms with Crippen molar-refractivity contribution >= 4 is 23.6 Å². The van der Waals surface area contributed by atoms with E-state index in [1.807, 2.05) is 0 Å². The highest BCUT2D eigenvalue weighted by Gasteiger charge is 2.39. The van der Waals surface area contributed by atoms with Gasteiger partial charge in [-0.1, -0.05) is 0 Å². The molecule has 0 aromatic carbocycles. The summed E-state index contributed by atoms with van der Waals surface area (Å²) >= 11 is 0. The van der Waals surface area contributed by atoms with Crippen molar-refractivity contribution in [3.05, 3.63) is 12.2 Å². The molecule has 0 radical (unpaired) electrons. The second-order valence-electron chi connectivity index (χ2n) is 5.08. The Bertz CT molecular complexity index is 564. The number of nitrogens with zero attached hydrogens (tertiary/aromatic N) is 2. The fraction of sp³-hybridized carbons (Fsp3) is 0.429. The average molecular weight is 272 g/mol. The van der Waals surface area contributed by atoms with Gasteiger partial charge in [-0.2, -0.15) is 0 Å². The van der Waals surface area contributed by atoms with E-state index in [2.05, 4.69) is 11.8 Å². The third-order valence-corrected chi connectivity index (χ3v) is 3.91. The lowest BCUT2D eigenvalue weighted by Gasteiger charge is -2.36. The molecule has 0 N–H and O–H groups in total. The molecule has 0 bridgehead atoms. The Morgan fingerprint density at radius 1 is 0.850 bits per heavy atom. The SMILES string of the molecule is O=C1C#CC(=O)N1C1CCCC(N2C(=O)C=CC2=O)C1. The van der Waals surface area contributed by atoms with Gasteiger partial charge in [0.1, 0.15) is 0 Å². The van der Waals surface area contributed by atoms with Crippen LogP contribution in [0.4, 0.5) is 0 Å². The number of rotatable bonds is 2. The van der Waals surface area contributed by atoms with E-state index in [0.717, 1.165) is 11.3 Å². The lowest BCUT2D eigenvalue weighted by Crippen LogP contribution is -2.50. The molecule has 2 heterocycles. The zero-order chi connectivity index (χ0) is 14.3. The van der Waals surface area contributed by atoms with E-state index in [0.29, 0.717) is 19.3 Å². The molecule has 1 aliphatic carbocycles. The summed E-state index contributed by atoms with van der Waals surface area (Å²) in [6, 6.07) is -0.553. The zero-order valence-electron chi connectivity index (χ0n) is 10.7. The summed E-state index contributed by atoms with van der Waals surface area (Å²) < 4.78 is 0. The first-order valence-corrected chi connectivity index (χ1v) is 6.52. The van der Waals surface area contributed by atoms with Crippen molar-refractivity contribution in [2.24, 2.45) is 0 Å². The summed E-state index contributed by atoms with van der Waals surface area (Å²) in [7, 11) is 0. The van der Waals surface area contributed by atoms with Gasteiger partial charge in [0.25, 0.3) is 11.8 Å². The van der Waals surface area contributed by atoms with Crippen LogP contribution in [0.2, 0.25) is 0 Å². The Morgan fingerprint density at radius 3 is 1.90 bits per heavy atom. The maximum Gasteiger partial charge on any atom is 0.306 e. The number of hydrogen-bond donors (Lipinski definition) is 0. The van der Waals surface area contributed by atoms with Crippen molar-refractivity contribution in [1.82, 2.24) is 9.80 Å². The van der Waals surface area contributed by atoms with Crippen molar-refractivity contribution < 1.29 is 19.2 Å². The minimum absolute atomic E-state index is 0.259. The summed E-state index contributed by atoms with van der Waals surface area (Å²) in [5, 5.41) is 0. The number of amides is 4. The quantitative estimate of drug-likeness (QED) is 0.506. The molecule has 0 spiro atoms. The molecule has 102 valence electrons. The van der Waals surface area contributed by atoms with Gasteiger partial charge in [-0.05, 0) is 25.7 Å². The standard InChI is InChI=1S/C14H12N2O4/c17-11-4-5-12(18)15(11)9-2-1-3-10(8-9)16-13(19)6-7-14(16)20/h4-5,9-10H,1-3,8H2. The fourth-order valence-corrected chi connectivity index (χ4v) is 3.03. The van der Waals surface area contributed by atoms with E-state index in [1.165, 1.54) is 17.1 Å². The normalized spacial score (nSPS) is 29.2. The summed E-state index contributed by atoms with van der Waals surface area (Å²) in [5.41, 5.74) is 0. The second-order valence-corrected chi connectivity index (χ2v) is 5.08. The highest BCUT2D eigenvalue weighted by atomic mass is 16.2. The van der Waals surface area contributed by atoms with Crippen molar-refractivity contribution in [1.29, 1.82) is 0 Å². The minimum atomic E-state index is -0.488. The van der Waals surface area contributed by atoms with Crippen molar-refractivity contribution in [3.8, 4) is 11.8 Å². The van der Waals surface area contributed by atoms with Crippen LogP contribution in [0, 0.1) is 11.8 Å². The van der Waals surface area contributed by atoms with Gasteiger partial charge in [0.2, 0.25) is 0 Å². The lowest BCUT2D eigenvalue weighted by molar-refractivity contribution is -0.142. The highest BCUT2D eigenvalue weighted by Crippen LogP contribution is 2.29. The molecular formula is C14H12N2O4. The van der Waals surface area contributed by atoms with Gasteiger partial charge >= 0.3 is 11.8 Å². The molecule has 0 aromatic rings. The Hall–Kier alpha value is -2.42. The third kappa shape index (κ3) is 1.92. The molecule has 6 nitrogen and oxygen atoms in total. The van der Waals surface area contributed by atoms with Crippen molar-refractivity contribution in [3.63, 3.8) is 0 Å². The van der Waals surface area contributed by atoms with Crippen LogP contribution in [0.25, 0.3) is 0 Å². The molecule has 0 aromatic heterocycles. The van der Waals surface area contributed by atoms with Crippen molar-refractivity contribution in [2.75, 3.05) is 0 Å². The topological polar surface area (TPSA) is 74.8 Å². The van der Waals surface area contributed by atoms with Crippen LogP contribution in [-0.4, -0.2) is 45.5 Å². The number of hydrogen-bond acceptors (Lipinski definition) is 4. The molecule has 0 saturated heterocycles. The summed E-state index contributed by atoms with van der Waals surface area (Å²) in [6.07, 6.45) is 5.07. The Labute approximate surface area is 115 Å². The first-order valence-electron chi connectivity index (χ1n) is 6.52. The average Bonchev–Trinajstić information content (AvgIpc) is 2.93. The molecule has 4 amide bonds. The fourth-order valence-electron chi connectivity index (χ4n) is 3.03. The van der Waals surface area contributed by atoms with E-state index < -0.39 is 11.8 Å². The first kappa shape index (κ1) is 12.6. The van der Waals surface area contributed by atoms with E-state index in [4.69, 9.17) is 0 Å². The van der Waals surface area contributed by atoms with Crippen LogP contribution in [0.5, 0.6) is 0 Å². The van der Waals surface area contributed by atoms with Crippen LogP contribution in [0.3, 0.4) is 0 Å². The maximum absolute atomic E-state index is 11.7. The lowest BCUT2D eigenvalue weighted by atomic mass is 9.89. The van der Waals surface area contributed by atoms with E-state index >= 15 is 0 Å². The predicted octanol–water partition coefficient (Wildman–Crippen LogP) is -0.405. The monoisotopic (exact) mass is 272 g/mol. The zero-order valence-corrected chi connectivity index (χ0v) is 10.7. The molecule has 2 unspecified atom stereocenters. The minimum Gasteiger partial charge on any atom is -0.272 e. The van der Waals surface area contributed by atoms with Gasteiger partial charge in [-0.15, -0.1) is 0 Å². The number of imide groups is 2. The first-order chi connectivity index (χ1) is 9.58. The highest BCUT2D eigenvalue weighted by molar-refractivity contribution is 6.18. The van der Waals surface area contributed by atoms with E-state index in [9.17, 15) is 19.2 Å². The molecule has 2 atom stereocenters. The molecule has 1 saturated carbocycles. The van der Waals surface area contributed by atoms with E-state index in [1.54, 1.807) is 0 Å². The third-order valence-electron chi connectivity index (χ3n) is 3.91. The van der Waals surface area contributed by atoms with Crippen molar-refractivity contribution in [2.45, 2.75) is 37.8 Å². The summed E-state index contributed by atoms with van der Waals surface area (Å²) in [6.45, 7) is 0. The van der Waals surface area contributed by atoms with Crippen LogP contribution < -0.4 is 0 Å². The van der Waals surface area contributed by atoms with Crippen LogP contribution in [0.15, 0.2) is 12.2 Å². The Balaban J connectivity index is 1.74. The van der Waals surface area contributed by atoms with Gasteiger partial charge in [0.15, 0.2) is 0 Å². The van der Waals surface area contributed by atoms with Gasteiger partial charge in [-0.3, -0.25) is 29.0 Å². The molecule has 1 fully saturated rings. The van der Waals surface area contributed by atoms with Gasteiger partial charge in [-0.25, -0.2) is 0 Å². The largest absolute Gasteiger partial charge is 0.306 e. The molecule has 20 heavy (non-hydrogen) atoms. The van der Waals surface area contributed by atoms with Gasteiger partial charge < -0.3 is 0 Å². The molecule has 3 rings (SSSR count). The van der Waals surface area contributed by atoms with Crippen LogP contribution in [-0.2, 0) is 19.2 Å². The molecule has 6 heteroatoms. The number of carbonyl (C=O) groups is 4. The summed E-state index contributed by atoms with van der Waals surface area (Å²) in [4.78, 5) is 48.9. The second kappa shape index (κ2) is 4.60. The van der Waals surface area contributed by atoms with Crippen LogP contribution in [0.1, 0.15) is 25.7 Å². The molecular weight excluding hydrogens is 260 g/mol. The maximum atomic E-state index is 11.7. The Kier molecular flexibility index (Phi) is 2.90. The predicted molar refractivity (Wildman–Crippen MR) is 66.7 cm³/mol. The molecule has 3 aliphatic rings. The Morgan fingerprint density at radius 2 is 1.35 bits per heavy atom. The van der Waals surface area contributed by atoms with Gasteiger partial charge in [0.05, 0.1) is 0 Å². The smallest absolute Gasteiger partial charge is 0.272 e. The van der Waals surface area contributed by atoms with Crippen LogP contribution >= 0.6 is 0 Å². The number of carbonyl (C=O) groups excluding carboxylic acids is 4. The molecule has 2 aliphatic heterocycles. The summed E-state index contributed by atoms with van der Waals surface area (Å²) in [5.74, 6) is 2.87. The van der Waals surface area contributed by atoms with E-state index in [-0.39, 0.29) is 23.9 Å².